The minimum Gasteiger partial charge on any atom is -0.394 e. The van der Waals surface area contributed by atoms with Gasteiger partial charge in [-0.05, 0) is 20.3 Å². The third-order valence-electron chi connectivity index (χ3n) is 0.621. The summed E-state index contributed by atoms with van der Waals surface area (Å²) in [5, 5.41) is 16.5. The average molecular weight is 150 g/mol. The van der Waals surface area contributed by atoms with Gasteiger partial charge in [0, 0.05) is 13.2 Å². The molecule has 0 saturated heterocycles. The molecular weight excluding hydrogens is 132 g/mol. The normalized spacial score (nSPS) is 12.3. The minimum atomic E-state index is -0.565. The fourth-order valence-electron chi connectivity index (χ4n) is 0.167. The summed E-state index contributed by atoms with van der Waals surface area (Å²) in [5.41, 5.74) is 0. The molecule has 0 rings (SSSR count). The summed E-state index contributed by atoms with van der Waals surface area (Å²) < 4.78 is 4.45. The van der Waals surface area contributed by atoms with E-state index in [0.29, 0.717) is 6.42 Å². The number of ether oxygens (including phenoxy) is 1. The van der Waals surface area contributed by atoms with Crippen molar-refractivity contribution in [1.29, 1.82) is 0 Å². The van der Waals surface area contributed by atoms with Gasteiger partial charge < -0.3 is 14.9 Å². The first-order chi connectivity index (χ1) is 4.54. The lowest BCUT2D eigenvalue weighted by atomic mass is 10.5. The van der Waals surface area contributed by atoms with Gasteiger partial charge in [-0.1, -0.05) is 6.92 Å². The highest BCUT2D eigenvalue weighted by Gasteiger charge is 1.90. The number of rotatable bonds is 2. The van der Waals surface area contributed by atoms with Crippen molar-refractivity contribution in [2.24, 2.45) is 0 Å². The first kappa shape index (κ1) is 12.5. The Bertz CT molecular complexity index is 48.1. The summed E-state index contributed by atoms with van der Waals surface area (Å²) in [6.45, 7) is 5.30. The molecule has 0 fully saturated rings. The van der Waals surface area contributed by atoms with E-state index in [4.69, 9.17) is 10.2 Å². The number of aliphatic hydroxyl groups excluding tert-OH is 2. The average Bonchev–Trinajstić information content (AvgIpc) is 1.85. The van der Waals surface area contributed by atoms with Crippen LogP contribution >= 0.6 is 0 Å². The van der Waals surface area contributed by atoms with Crippen LogP contribution in [0.2, 0.25) is 0 Å². The van der Waals surface area contributed by atoms with E-state index in [9.17, 15) is 0 Å². The Hall–Kier alpha value is -0.120. The van der Waals surface area contributed by atoms with Crippen molar-refractivity contribution in [3.63, 3.8) is 0 Å². The minimum absolute atomic E-state index is 0.167. The number of hydrogen-bond acceptors (Lipinski definition) is 3. The standard InChI is InChI=1S/C4H10O2.C3H8O/c1-3-4(5)6-2;1-3(2)4/h4-5H,3H2,1-2H3;3-4H,1-2H3. The first-order valence-corrected chi connectivity index (χ1v) is 3.43. The molecule has 0 heterocycles. The maximum absolute atomic E-state index is 8.44. The Morgan fingerprint density at radius 1 is 1.30 bits per heavy atom. The van der Waals surface area contributed by atoms with Gasteiger partial charge in [0.1, 0.15) is 0 Å². The van der Waals surface area contributed by atoms with Crippen LogP contribution < -0.4 is 0 Å². The predicted octanol–water partition coefficient (Wildman–Crippen LogP) is 0.748. The van der Waals surface area contributed by atoms with Crippen LogP contribution in [-0.4, -0.2) is 29.7 Å². The van der Waals surface area contributed by atoms with Crippen molar-refractivity contribution in [3.8, 4) is 0 Å². The highest BCUT2D eigenvalue weighted by molar-refractivity contribution is 4.26. The molecule has 1 atom stereocenters. The van der Waals surface area contributed by atoms with Gasteiger partial charge in [0.05, 0.1) is 0 Å². The van der Waals surface area contributed by atoms with Crippen molar-refractivity contribution in [1.82, 2.24) is 0 Å². The van der Waals surface area contributed by atoms with Crippen LogP contribution in [0.3, 0.4) is 0 Å². The zero-order chi connectivity index (χ0) is 8.57. The maximum atomic E-state index is 8.44. The van der Waals surface area contributed by atoms with Crippen LogP contribution in [0.15, 0.2) is 0 Å². The molecule has 1 unspecified atom stereocenters. The molecule has 10 heavy (non-hydrogen) atoms. The van der Waals surface area contributed by atoms with Gasteiger partial charge in [0.2, 0.25) is 0 Å². The molecule has 0 spiro atoms. The molecule has 0 amide bonds. The molecule has 2 N–H and O–H groups in total. The summed E-state index contributed by atoms with van der Waals surface area (Å²) in [5.74, 6) is 0. The van der Waals surface area contributed by atoms with E-state index in [1.165, 1.54) is 7.11 Å². The molecule has 0 aliphatic carbocycles. The number of aliphatic hydroxyl groups is 2. The van der Waals surface area contributed by atoms with Crippen LogP contribution in [0.5, 0.6) is 0 Å². The molecule has 0 aromatic carbocycles. The Morgan fingerprint density at radius 3 is 1.60 bits per heavy atom. The summed E-state index contributed by atoms with van der Waals surface area (Å²) in [4.78, 5) is 0. The predicted molar refractivity (Wildman–Crippen MR) is 40.7 cm³/mol. The highest BCUT2D eigenvalue weighted by Crippen LogP contribution is 1.85. The van der Waals surface area contributed by atoms with Gasteiger partial charge in [-0.2, -0.15) is 0 Å². The van der Waals surface area contributed by atoms with Gasteiger partial charge in [0.25, 0.3) is 0 Å². The Kier molecular flexibility index (Phi) is 11.1. The maximum Gasteiger partial charge on any atom is 0.153 e. The van der Waals surface area contributed by atoms with Crippen molar-refractivity contribution < 1.29 is 14.9 Å². The zero-order valence-corrected chi connectivity index (χ0v) is 7.16. The summed E-state index contributed by atoms with van der Waals surface area (Å²) in [6.07, 6.45) is -0.0683. The lowest BCUT2D eigenvalue weighted by Gasteiger charge is -2.00. The number of hydrogen-bond donors (Lipinski definition) is 2. The molecule has 0 aliphatic heterocycles. The van der Waals surface area contributed by atoms with Crippen molar-refractivity contribution in [2.45, 2.75) is 39.6 Å². The van der Waals surface area contributed by atoms with Gasteiger partial charge in [-0.25, -0.2) is 0 Å². The van der Waals surface area contributed by atoms with E-state index in [0.717, 1.165) is 0 Å². The van der Waals surface area contributed by atoms with Gasteiger partial charge >= 0.3 is 0 Å². The second-order valence-corrected chi connectivity index (χ2v) is 2.19. The van der Waals surface area contributed by atoms with E-state index >= 15 is 0 Å². The monoisotopic (exact) mass is 150 g/mol. The fraction of sp³-hybridized carbons (Fsp3) is 1.00. The molecule has 0 aromatic heterocycles. The first-order valence-electron chi connectivity index (χ1n) is 3.43. The molecule has 3 nitrogen and oxygen atoms in total. The molecule has 3 heteroatoms. The van der Waals surface area contributed by atoms with Crippen molar-refractivity contribution >= 4 is 0 Å². The van der Waals surface area contributed by atoms with Crippen LogP contribution in [-0.2, 0) is 4.74 Å². The Balaban J connectivity index is 0. The highest BCUT2D eigenvalue weighted by atomic mass is 16.6. The van der Waals surface area contributed by atoms with E-state index in [1.54, 1.807) is 13.8 Å². The second kappa shape index (κ2) is 8.88. The molecular formula is C7H18O3. The van der Waals surface area contributed by atoms with E-state index in [2.05, 4.69) is 4.74 Å². The van der Waals surface area contributed by atoms with E-state index in [1.807, 2.05) is 6.92 Å². The summed E-state index contributed by atoms with van der Waals surface area (Å²) in [7, 11) is 1.48. The molecule has 64 valence electrons. The zero-order valence-electron chi connectivity index (χ0n) is 7.16. The third-order valence-corrected chi connectivity index (χ3v) is 0.621. The van der Waals surface area contributed by atoms with Crippen molar-refractivity contribution in [2.75, 3.05) is 7.11 Å². The lowest BCUT2D eigenvalue weighted by Crippen LogP contribution is -2.05. The van der Waals surface area contributed by atoms with Crippen LogP contribution in [0.25, 0.3) is 0 Å². The molecule has 0 aliphatic rings. The molecule has 0 aromatic rings. The van der Waals surface area contributed by atoms with Gasteiger partial charge in [-0.3, -0.25) is 0 Å². The Morgan fingerprint density at radius 2 is 1.60 bits per heavy atom. The fourth-order valence-corrected chi connectivity index (χ4v) is 0.167. The van der Waals surface area contributed by atoms with Crippen LogP contribution in [0.1, 0.15) is 27.2 Å². The third kappa shape index (κ3) is 24.8. The largest absolute Gasteiger partial charge is 0.394 e. The van der Waals surface area contributed by atoms with Crippen LogP contribution in [0.4, 0.5) is 0 Å². The van der Waals surface area contributed by atoms with Crippen molar-refractivity contribution in [3.05, 3.63) is 0 Å². The molecule has 0 radical (unpaired) electrons. The smallest absolute Gasteiger partial charge is 0.153 e. The summed E-state index contributed by atoms with van der Waals surface area (Å²) in [6, 6.07) is 0. The van der Waals surface area contributed by atoms with Crippen LogP contribution in [0, 0.1) is 0 Å². The SMILES string of the molecule is CC(C)O.CCC(O)OC. The lowest BCUT2D eigenvalue weighted by molar-refractivity contribution is -0.0748. The second-order valence-electron chi connectivity index (χ2n) is 2.19. The Labute approximate surface area is 62.6 Å². The summed E-state index contributed by atoms with van der Waals surface area (Å²) >= 11 is 0. The van der Waals surface area contributed by atoms with Gasteiger partial charge in [-0.15, -0.1) is 0 Å². The van der Waals surface area contributed by atoms with E-state index in [-0.39, 0.29) is 6.10 Å². The molecule has 0 saturated carbocycles. The van der Waals surface area contributed by atoms with E-state index < -0.39 is 6.29 Å². The quantitative estimate of drug-likeness (QED) is 0.571. The van der Waals surface area contributed by atoms with Gasteiger partial charge in [0.15, 0.2) is 6.29 Å². The topological polar surface area (TPSA) is 49.7 Å². The molecule has 0 bridgehead atoms. The number of methoxy groups -OCH3 is 1.